The summed E-state index contributed by atoms with van der Waals surface area (Å²) in [5.41, 5.74) is -0.0958. The summed E-state index contributed by atoms with van der Waals surface area (Å²) in [5.74, 6) is -0.720. The molecule has 0 aliphatic heterocycles. The van der Waals surface area contributed by atoms with Gasteiger partial charge in [0.2, 0.25) is 0 Å². The lowest BCUT2D eigenvalue weighted by molar-refractivity contribution is 0.0521. The number of aromatic nitrogens is 2. The van der Waals surface area contributed by atoms with Crippen LogP contribution in [0.5, 0.6) is 0 Å². The third-order valence-corrected chi connectivity index (χ3v) is 4.57. The molecule has 1 aromatic rings. The zero-order valence-electron chi connectivity index (χ0n) is 11.8. The first-order valence-corrected chi connectivity index (χ1v) is 7.63. The summed E-state index contributed by atoms with van der Waals surface area (Å²) in [6.07, 6.45) is 2.63. The molecule has 1 rings (SSSR count). The van der Waals surface area contributed by atoms with E-state index in [1.165, 1.54) is 10.4 Å². The molecule has 0 aliphatic carbocycles. The summed E-state index contributed by atoms with van der Waals surface area (Å²) in [5, 5.41) is 5.74. The average Bonchev–Trinajstić information content (AvgIpc) is 2.85. The summed E-state index contributed by atoms with van der Waals surface area (Å²) in [7, 11) is -3.87. The van der Waals surface area contributed by atoms with Crippen LogP contribution in [0, 0.1) is 0 Å². The number of carbonyl (C=O) groups is 1. The molecule has 0 saturated carbocycles. The summed E-state index contributed by atoms with van der Waals surface area (Å²) in [6.45, 7) is 8.96. The van der Waals surface area contributed by atoms with Crippen LogP contribution in [0.1, 0.15) is 31.1 Å². The Hall–Kier alpha value is -1.67. The first kappa shape index (κ1) is 16.4. The molecule has 1 heterocycles. The van der Waals surface area contributed by atoms with E-state index in [0.717, 1.165) is 6.20 Å². The quantitative estimate of drug-likeness (QED) is 0.603. The van der Waals surface area contributed by atoms with Crippen molar-refractivity contribution in [3.63, 3.8) is 0 Å². The Balaban J connectivity index is 3.25. The number of aromatic amines is 1. The zero-order valence-corrected chi connectivity index (χ0v) is 12.6. The van der Waals surface area contributed by atoms with Gasteiger partial charge in [0.25, 0.3) is 10.0 Å². The number of nitrogens with zero attached hydrogens (tertiary/aromatic N) is 2. The number of sulfonamides is 1. The second kappa shape index (κ2) is 6.67. The fourth-order valence-electron chi connectivity index (χ4n) is 1.66. The summed E-state index contributed by atoms with van der Waals surface area (Å²) < 4.78 is 31.1. The van der Waals surface area contributed by atoms with Crippen molar-refractivity contribution in [2.45, 2.75) is 31.8 Å². The molecular formula is C12H19N3O4S. The lowest BCUT2D eigenvalue weighted by Gasteiger charge is -2.23. The molecule has 1 N–H and O–H groups in total. The average molecular weight is 301 g/mol. The van der Waals surface area contributed by atoms with Crippen LogP contribution in [-0.4, -0.2) is 48.1 Å². The van der Waals surface area contributed by atoms with Crippen LogP contribution in [0.25, 0.3) is 0 Å². The molecule has 0 unspecified atom stereocenters. The van der Waals surface area contributed by atoms with Gasteiger partial charge in [-0.1, -0.05) is 6.08 Å². The molecule has 0 spiro atoms. The van der Waals surface area contributed by atoms with Gasteiger partial charge in [-0.15, -0.1) is 6.58 Å². The van der Waals surface area contributed by atoms with E-state index < -0.39 is 16.0 Å². The van der Waals surface area contributed by atoms with Crippen molar-refractivity contribution in [1.82, 2.24) is 14.5 Å². The molecule has 0 aromatic carbocycles. The van der Waals surface area contributed by atoms with Crippen LogP contribution < -0.4 is 0 Å². The van der Waals surface area contributed by atoms with E-state index in [1.54, 1.807) is 20.8 Å². The first-order chi connectivity index (χ1) is 9.36. The second-order valence-electron chi connectivity index (χ2n) is 4.29. The van der Waals surface area contributed by atoms with Gasteiger partial charge in [-0.25, -0.2) is 13.2 Å². The minimum absolute atomic E-state index is 0.0958. The van der Waals surface area contributed by atoms with Crippen LogP contribution in [0.4, 0.5) is 0 Å². The Kier molecular flexibility index (Phi) is 5.46. The van der Waals surface area contributed by atoms with Crippen molar-refractivity contribution in [3.8, 4) is 0 Å². The highest BCUT2D eigenvalue weighted by Crippen LogP contribution is 2.20. The van der Waals surface area contributed by atoms with E-state index in [-0.39, 0.29) is 29.8 Å². The predicted octanol–water partition coefficient (Wildman–Crippen LogP) is 1.17. The number of rotatable bonds is 7. The van der Waals surface area contributed by atoms with Gasteiger partial charge in [-0.3, -0.25) is 5.10 Å². The van der Waals surface area contributed by atoms with Gasteiger partial charge in [-0.05, 0) is 20.8 Å². The van der Waals surface area contributed by atoms with Gasteiger partial charge in [0, 0.05) is 12.6 Å². The number of carbonyl (C=O) groups excluding carboxylic acids is 1. The fraction of sp³-hybridized carbons (Fsp3) is 0.500. The first-order valence-electron chi connectivity index (χ1n) is 6.19. The van der Waals surface area contributed by atoms with Crippen LogP contribution in [0.2, 0.25) is 0 Å². The van der Waals surface area contributed by atoms with Crippen LogP contribution >= 0.6 is 0 Å². The summed E-state index contributed by atoms with van der Waals surface area (Å²) >= 11 is 0. The van der Waals surface area contributed by atoms with Gasteiger partial charge >= 0.3 is 5.97 Å². The Bertz CT molecular complexity index is 577. The van der Waals surface area contributed by atoms with Gasteiger partial charge in [-0.2, -0.15) is 9.40 Å². The van der Waals surface area contributed by atoms with Crippen molar-refractivity contribution in [1.29, 1.82) is 0 Å². The van der Waals surface area contributed by atoms with E-state index in [0.29, 0.717) is 0 Å². The number of H-pyrrole nitrogens is 1. The predicted molar refractivity (Wildman–Crippen MR) is 73.8 cm³/mol. The number of ether oxygens (including phenoxy) is 1. The smallest absolute Gasteiger partial charge is 0.342 e. The van der Waals surface area contributed by atoms with Gasteiger partial charge in [0.05, 0.1) is 12.8 Å². The maximum atomic E-state index is 12.6. The fourth-order valence-corrected chi connectivity index (χ4v) is 3.33. The molecule has 0 bridgehead atoms. The van der Waals surface area contributed by atoms with Crippen LogP contribution in [0.3, 0.4) is 0 Å². The molecule has 0 atom stereocenters. The van der Waals surface area contributed by atoms with E-state index in [9.17, 15) is 13.2 Å². The Morgan fingerprint density at radius 1 is 1.60 bits per heavy atom. The van der Waals surface area contributed by atoms with Crippen LogP contribution in [-0.2, 0) is 14.8 Å². The molecule has 0 fully saturated rings. The minimum Gasteiger partial charge on any atom is -0.462 e. The molecule has 7 nitrogen and oxygen atoms in total. The highest BCUT2D eigenvalue weighted by molar-refractivity contribution is 7.89. The molecule has 0 radical (unpaired) electrons. The maximum absolute atomic E-state index is 12.6. The normalized spacial score (nSPS) is 11.8. The van der Waals surface area contributed by atoms with Gasteiger partial charge in [0.1, 0.15) is 5.56 Å². The Morgan fingerprint density at radius 3 is 2.75 bits per heavy atom. The van der Waals surface area contributed by atoms with Crippen molar-refractivity contribution < 1.29 is 17.9 Å². The Labute approximate surface area is 118 Å². The molecule has 0 aliphatic rings. The highest BCUT2D eigenvalue weighted by Gasteiger charge is 2.32. The van der Waals surface area contributed by atoms with E-state index >= 15 is 0 Å². The summed E-state index contributed by atoms with van der Waals surface area (Å²) in [6, 6.07) is -0.281. The number of esters is 1. The topological polar surface area (TPSA) is 92.4 Å². The highest BCUT2D eigenvalue weighted by atomic mass is 32.2. The third kappa shape index (κ3) is 3.26. The molecule has 0 saturated heterocycles. The van der Waals surface area contributed by atoms with Crippen molar-refractivity contribution in [2.24, 2.45) is 0 Å². The maximum Gasteiger partial charge on any atom is 0.342 e. The lowest BCUT2D eigenvalue weighted by atomic mass is 10.4. The molecule has 1 aromatic heterocycles. The number of hydrogen-bond acceptors (Lipinski definition) is 5. The zero-order chi connectivity index (χ0) is 15.3. The van der Waals surface area contributed by atoms with Gasteiger partial charge < -0.3 is 4.74 Å². The molecular weight excluding hydrogens is 282 g/mol. The number of nitrogens with one attached hydrogen (secondary N) is 1. The van der Waals surface area contributed by atoms with E-state index in [1.807, 2.05) is 0 Å². The molecule has 112 valence electrons. The molecule has 0 amide bonds. The largest absolute Gasteiger partial charge is 0.462 e. The minimum atomic E-state index is -3.87. The third-order valence-electron chi connectivity index (χ3n) is 2.55. The van der Waals surface area contributed by atoms with Gasteiger partial charge in [0.15, 0.2) is 5.03 Å². The number of hydrogen-bond donors (Lipinski definition) is 1. The Morgan fingerprint density at radius 2 is 2.25 bits per heavy atom. The standard InChI is InChI=1S/C12H19N3O4S/c1-5-7-15(9(3)4)20(17,18)11-10(8-13-14-11)12(16)19-6-2/h5,8-9H,1,6-7H2,2-4H3,(H,13,14). The van der Waals surface area contributed by atoms with Crippen molar-refractivity contribution >= 4 is 16.0 Å². The molecule has 8 heteroatoms. The lowest BCUT2D eigenvalue weighted by Crippen LogP contribution is -2.37. The monoisotopic (exact) mass is 301 g/mol. The van der Waals surface area contributed by atoms with Crippen LogP contribution in [0.15, 0.2) is 23.9 Å². The SMILES string of the molecule is C=CCN(C(C)C)S(=O)(=O)c1[nH]ncc1C(=O)OCC. The van der Waals surface area contributed by atoms with E-state index in [2.05, 4.69) is 16.8 Å². The van der Waals surface area contributed by atoms with Crippen molar-refractivity contribution in [3.05, 3.63) is 24.4 Å². The second-order valence-corrected chi connectivity index (χ2v) is 6.12. The van der Waals surface area contributed by atoms with Crippen molar-refractivity contribution in [2.75, 3.05) is 13.2 Å². The summed E-state index contributed by atoms with van der Waals surface area (Å²) in [4.78, 5) is 11.7. The van der Waals surface area contributed by atoms with E-state index in [4.69, 9.17) is 4.74 Å². The molecule has 20 heavy (non-hydrogen) atoms.